The van der Waals surface area contributed by atoms with Crippen LogP contribution in [0.4, 0.5) is 5.69 Å². The van der Waals surface area contributed by atoms with Gasteiger partial charge >= 0.3 is 0 Å². The maximum absolute atomic E-state index is 5.14. The normalized spacial score (nSPS) is 11.6. The number of aromatic nitrogens is 3. The maximum atomic E-state index is 5.14. The van der Waals surface area contributed by atoms with Crippen LogP contribution in [0.5, 0.6) is 0 Å². The Bertz CT molecular complexity index is 770. The van der Waals surface area contributed by atoms with E-state index in [9.17, 15) is 0 Å². The first-order chi connectivity index (χ1) is 13.4. The highest BCUT2D eigenvalue weighted by Gasteiger charge is 2.10. The van der Waals surface area contributed by atoms with Crippen molar-refractivity contribution in [3.8, 4) is 0 Å². The summed E-state index contributed by atoms with van der Waals surface area (Å²) >= 11 is 0. The van der Waals surface area contributed by atoms with Crippen molar-refractivity contribution in [3.63, 3.8) is 0 Å². The van der Waals surface area contributed by atoms with Crippen LogP contribution in [0.15, 0.2) is 29.3 Å². The molecule has 0 aliphatic rings. The molecule has 8 nitrogen and oxygen atoms in total. The molecule has 2 aromatic rings. The van der Waals surface area contributed by atoms with Crippen LogP contribution in [0, 0.1) is 6.92 Å². The number of nitrogens with one attached hydrogen (secondary N) is 1. The number of ether oxygens (including phenoxy) is 1. The Balaban J connectivity index is 2.11. The largest absolute Gasteiger partial charge is 0.385 e. The third kappa shape index (κ3) is 6.23. The van der Waals surface area contributed by atoms with Crippen molar-refractivity contribution in [1.82, 2.24) is 25.0 Å². The van der Waals surface area contributed by atoms with E-state index in [1.54, 1.807) is 7.11 Å². The Hall–Kier alpha value is -2.61. The predicted octanol–water partition coefficient (Wildman–Crippen LogP) is 1.80. The van der Waals surface area contributed by atoms with E-state index in [0.29, 0.717) is 6.54 Å². The third-order valence-electron chi connectivity index (χ3n) is 4.57. The highest BCUT2D eigenvalue weighted by Crippen LogP contribution is 2.14. The van der Waals surface area contributed by atoms with E-state index in [0.717, 1.165) is 43.7 Å². The second-order valence-electron chi connectivity index (χ2n) is 7.06. The summed E-state index contributed by atoms with van der Waals surface area (Å²) < 4.78 is 7.11. The molecule has 8 heteroatoms. The quantitative estimate of drug-likeness (QED) is 0.402. The number of nitrogens with zero attached hydrogens (tertiary/aromatic N) is 6. The van der Waals surface area contributed by atoms with Crippen LogP contribution in [0.2, 0.25) is 0 Å². The Labute approximate surface area is 168 Å². The SMILES string of the molecule is COCCCNC(=NCc1nnc(C)n1C)N(C)Cc1cccc(N(C)C)c1. The van der Waals surface area contributed by atoms with Gasteiger partial charge < -0.3 is 24.4 Å². The van der Waals surface area contributed by atoms with E-state index in [2.05, 4.69) is 63.7 Å². The molecule has 0 amide bonds. The summed E-state index contributed by atoms with van der Waals surface area (Å²) in [5.41, 5.74) is 2.42. The molecular weight excluding hydrogens is 354 g/mol. The first kappa shape index (κ1) is 21.7. The molecule has 0 unspecified atom stereocenters. The highest BCUT2D eigenvalue weighted by atomic mass is 16.5. The number of benzene rings is 1. The molecule has 0 atom stereocenters. The molecule has 0 saturated carbocycles. The summed E-state index contributed by atoms with van der Waals surface area (Å²) in [7, 11) is 9.83. The minimum absolute atomic E-state index is 0.478. The molecule has 28 heavy (non-hydrogen) atoms. The summed E-state index contributed by atoms with van der Waals surface area (Å²) in [6.07, 6.45) is 0.919. The van der Waals surface area contributed by atoms with Gasteiger partial charge in [-0.1, -0.05) is 12.1 Å². The van der Waals surface area contributed by atoms with Gasteiger partial charge in [-0.05, 0) is 31.0 Å². The van der Waals surface area contributed by atoms with E-state index in [1.807, 2.05) is 25.6 Å². The van der Waals surface area contributed by atoms with Crippen molar-refractivity contribution >= 4 is 11.6 Å². The number of aliphatic imine (C=N–C) groups is 1. The van der Waals surface area contributed by atoms with Crippen molar-refractivity contribution in [2.75, 3.05) is 46.3 Å². The second-order valence-corrected chi connectivity index (χ2v) is 7.06. The first-order valence-electron chi connectivity index (χ1n) is 9.52. The number of anilines is 1. The Morgan fingerprint density at radius 2 is 2.04 bits per heavy atom. The summed E-state index contributed by atoms with van der Waals surface area (Å²) in [4.78, 5) is 9.02. The Morgan fingerprint density at radius 1 is 1.25 bits per heavy atom. The second kappa shape index (κ2) is 10.7. The molecular formula is C20H33N7O. The van der Waals surface area contributed by atoms with Gasteiger partial charge in [0.15, 0.2) is 11.8 Å². The van der Waals surface area contributed by atoms with Crippen molar-refractivity contribution in [2.45, 2.75) is 26.4 Å². The van der Waals surface area contributed by atoms with Crippen LogP contribution in [-0.2, 0) is 24.9 Å². The van der Waals surface area contributed by atoms with Gasteiger partial charge in [-0.15, -0.1) is 10.2 Å². The number of aryl methyl sites for hydroxylation is 1. The molecule has 0 saturated heterocycles. The molecule has 0 spiro atoms. The third-order valence-corrected chi connectivity index (χ3v) is 4.57. The van der Waals surface area contributed by atoms with E-state index >= 15 is 0 Å². The van der Waals surface area contributed by atoms with Gasteiger partial charge in [-0.2, -0.15) is 0 Å². The number of hydrogen-bond acceptors (Lipinski definition) is 5. The van der Waals surface area contributed by atoms with Crippen molar-refractivity contribution in [3.05, 3.63) is 41.5 Å². The molecule has 1 heterocycles. The molecule has 1 aromatic carbocycles. The van der Waals surface area contributed by atoms with Crippen LogP contribution in [0.3, 0.4) is 0 Å². The highest BCUT2D eigenvalue weighted by molar-refractivity contribution is 5.79. The predicted molar refractivity (Wildman–Crippen MR) is 114 cm³/mol. The van der Waals surface area contributed by atoms with E-state index in [1.165, 1.54) is 11.3 Å². The van der Waals surface area contributed by atoms with E-state index < -0.39 is 0 Å². The van der Waals surface area contributed by atoms with Gasteiger partial charge in [0.1, 0.15) is 12.4 Å². The van der Waals surface area contributed by atoms with Crippen LogP contribution in [-0.4, -0.2) is 67.0 Å². The molecule has 0 fully saturated rings. The lowest BCUT2D eigenvalue weighted by atomic mass is 10.2. The fraction of sp³-hybridized carbons (Fsp3) is 0.550. The summed E-state index contributed by atoms with van der Waals surface area (Å²) in [6.45, 7) is 4.69. The zero-order chi connectivity index (χ0) is 20.5. The first-order valence-corrected chi connectivity index (χ1v) is 9.52. The number of rotatable bonds is 9. The van der Waals surface area contributed by atoms with E-state index in [4.69, 9.17) is 9.73 Å². The molecule has 0 bridgehead atoms. The van der Waals surface area contributed by atoms with Gasteiger partial charge in [0.05, 0.1) is 0 Å². The summed E-state index contributed by atoms with van der Waals surface area (Å²) in [5.74, 6) is 2.57. The van der Waals surface area contributed by atoms with Crippen LogP contribution in [0.25, 0.3) is 0 Å². The number of guanidine groups is 1. The molecule has 0 aliphatic heterocycles. The lowest BCUT2D eigenvalue weighted by molar-refractivity contribution is 0.195. The van der Waals surface area contributed by atoms with E-state index in [-0.39, 0.29) is 0 Å². The number of hydrogen-bond donors (Lipinski definition) is 1. The standard InChI is InChI=1S/C20H33N7O/c1-16-23-24-19(27(16)5)14-22-20(21-11-8-12-28-6)26(4)15-17-9-7-10-18(13-17)25(2)3/h7,9-10,13H,8,11-12,14-15H2,1-6H3,(H,21,22). The molecule has 0 aliphatic carbocycles. The zero-order valence-electron chi connectivity index (χ0n) is 17.9. The van der Waals surface area contributed by atoms with Crippen LogP contribution < -0.4 is 10.2 Å². The monoisotopic (exact) mass is 387 g/mol. The fourth-order valence-corrected chi connectivity index (χ4v) is 2.74. The molecule has 154 valence electrons. The zero-order valence-corrected chi connectivity index (χ0v) is 17.9. The van der Waals surface area contributed by atoms with Crippen LogP contribution in [0.1, 0.15) is 23.6 Å². The average Bonchev–Trinajstić information content (AvgIpc) is 2.99. The topological polar surface area (TPSA) is 70.8 Å². The lowest BCUT2D eigenvalue weighted by Gasteiger charge is -2.23. The van der Waals surface area contributed by atoms with Gasteiger partial charge in [0, 0.05) is 60.7 Å². The van der Waals surface area contributed by atoms with Crippen molar-refractivity contribution < 1.29 is 4.74 Å². The number of methoxy groups -OCH3 is 1. The molecule has 1 N–H and O–H groups in total. The van der Waals surface area contributed by atoms with Crippen molar-refractivity contribution in [2.24, 2.45) is 12.0 Å². The van der Waals surface area contributed by atoms with Crippen LogP contribution >= 0.6 is 0 Å². The molecule has 0 radical (unpaired) electrons. The minimum Gasteiger partial charge on any atom is -0.385 e. The summed E-state index contributed by atoms with van der Waals surface area (Å²) in [6, 6.07) is 8.53. The minimum atomic E-state index is 0.478. The Kier molecular flexibility index (Phi) is 8.25. The fourth-order valence-electron chi connectivity index (χ4n) is 2.74. The Morgan fingerprint density at radius 3 is 2.68 bits per heavy atom. The maximum Gasteiger partial charge on any atom is 0.194 e. The van der Waals surface area contributed by atoms with Gasteiger partial charge in [0.2, 0.25) is 0 Å². The lowest BCUT2D eigenvalue weighted by Crippen LogP contribution is -2.39. The molecule has 1 aromatic heterocycles. The van der Waals surface area contributed by atoms with Gasteiger partial charge in [-0.3, -0.25) is 0 Å². The average molecular weight is 388 g/mol. The smallest absolute Gasteiger partial charge is 0.194 e. The van der Waals surface area contributed by atoms with Crippen molar-refractivity contribution in [1.29, 1.82) is 0 Å². The van der Waals surface area contributed by atoms with Gasteiger partial charge in [-0.25, -0.2) is 4.99 Å². The summed E-state index contributed by atoms with van der Waals surface area (Å²) in [5, 5.41) is 11.7. The van der Waals surface area contributed by atoms with Gasteiger partial charge in [0.25, 0.3) is 0 Å². The molecule has 2 rings (SSSR count).